The van der Waals surface area contributed by atoms with Gasteiger partial charge in [0, 0.05) is 24.2 Å². The van der Waals surface area contributed by atoms with E-state index in [-0.39, 0.29) is 24.2 Å². The lowest BCUT2D eigenvalue weighted by Gasteiger charge is -2.28. The van der Waals surface area contributed by atoms with E-state index < -0.39 is 28.7 Å². The van der Waals surface area contributed by atoms with E-state index in [2.05, 4.69) is 0 Å². The first-order valence-electron chi connectivity index (χ1n) is 10.5. The van der Waals surface area contributed by atoms with E-state index in [1.54, 1.807) is 24.3 Å². The quantitative estimate of drug-likeness (QED) is 0.303. The van der Waals surface area contributed by atoms with Gasteiger partial charge in [-0.15, -0.1) is 0 Å². The van der Waals surface area contributed by atoms with Crippen LogP contribution in [0.2, 0.25) is 0 Å². The summed E-state index contributed by atoms with van der Waals surface area (Å²) in [6.07, 6.45) is -0.170. The largest absolute Gasteiger partial charge is 0.497 e. The molecule has 0 N–H and O–H groups in total. The van der Waals surface area contributed by atoms with Crippen LogP contribution in [0.25, 0.3) is 0 Å². The number of nitrogens with zero attached hydrogens (tertiary/aromatic N) is 3. The van der Waals surface area contributed by atoms with Gasteiger partial charge in [0.15, 0.2) is 0 Å². The van der Waals surface area contributed by atoms with Crippen LogP contribution in [0.5, 0.6) is 5.75 Å². The van der Waals surface area contributed by atoms with Crippen LogP contribution in [0.4, 0.5) is 11.4 Å². The summed E-state index contributed by atoms with van der Waals surface area (Å²) in [6.45, 7) is 0.0940. The Labute approximate surface area is 195 Å². The monoisotopic (exact) mass is 459 g/mol. The summed E-state index contributed by atoms with van der Waals surface area (Å²) >= 11 is 0. The van der Waals surface area contributed by atoms with Gasteiger partial charge in [-0.2, -0.15) is 0 Å². The molecule has 34 heavy (non-hydrogen) atoms. The Morgan fingerprint density at radius 2 is 1.68 bits per heavy atom. The van der Waals surface area contributed by atoms with Gasteiger partial charge < -0.3 is 9.64 Å². The summed E-state index contributed by atoms with van der Waals surface area (Å²) in [7, 11) is 1.52. The molecule has 0 aromatic heterocycles. The van der Waals surface area contributed by atoms with Crippen LogP contribution in [-0.4, -0.2) is 40.7 Å². The number of carbonyl (C=O) groups excluding carboxylic acids is 3. The van der Waals surface area contributed by atoms with Crippen molar-refractivity contribution in [2.24, 2.45) is 0 Å². The second kappa shape index (κ2) is 9.53. The number of rotatable bonds is 7. The molecule has 1 aliphatic heterocycles. The predicted molar refractivity (Wildman–Crippen MR) is 123 cm³/mol. The predicted octanol–water partition coefficient (Wildman–Crippen LogP) is 3.58. The van der Waals surface area contributed by atoms with E-state index in [1.807, 2.05) is 30.3 Å². The molecular formula is C25H21N3O6. The number of anilines is 1. The smallest absolute Gasteiger partial charge is 0.269 e. The van der Waals surface area contributed by atoms with Gasteiger partial charge in [0.05, 0.1) is 24.1 Å². The second-order valence-electron chi connectivity index (χ2n) is 7.71. The number of methoxy groups -OCH3 is 1. The van der Waals surface area contributed by atoms with Crippen LogP contribution in [0, 0.1) is 10.1 Å². The number of carbonyl (C=O) groups is 3. The maximum Gasteiger partial charge on any atom is 0.269 e. The molecule has 9 heteroatoms. The summed E-state index contributed by atoms with van der Waals surface area (Å²) in [5.74, 6) is -0.851. The highest BCUT2D eigenvalue weighted by Gasteiger charge is 2.44. The second-order valence-corrected chi connectivity index (χ2v) is 7.71. The van der Waals surface area contributed by atoms with E-state index in [0.29, 0.717) is 11.4 Å². The Morgan fingerprint density at radius 1 is 1.03 bits per heavy atom. The number of hydrogen-bond acceptors (Lipinski definition) is 6. The Kier molecular flexibility index (Phi) is 6.35. The van der Waals surface area contributed by atoms with E-state index in [9.17, 15) is 24.5 Å². The molecule has 1 heterocycles. The van der Waals surface area contributed by atoms with Gasteiger partial charge >= 0.3 is 0 Å². The van der Waals surface area contributed by atoms with E-state index in [1.165, 1.54) is 36.3 Å². The molecule has 0 bridgehead atoms. The third kappa shape index (κ3) is 4.49. The zero-order chi connectivity index (χ0) is 24.2. The van der Waals surface area contributed by atoms with Gasteiger partial charge in [-0.25, -0.2) is 4.90 Å². The zero-order valence-electron chi connectivity index (χ0n) is 18.3. The first-order valence-corrected chi connectivity index (χ1v) is 10.5. The van der Waals surface area contributed by atoms with Crippen molar-refractivity contribution in [3.63, 3.8) is 0 Å². The van der Waals surface area contributed by atoms with Crippen LogP contribution >= 0.6 is 0 Å². The van der Waals surface area contributed by atoms with Crippen molar-refractivity contribution in [3.05, 3.63) is 100 Å². The molecule has 3 amide bonds. The number of amides is 3. The average Bonchev–Trinajstić information content (AvgIpc) is 3.16. The van der Waals surface area contributed by atoms with Gasteiger partial charge in [0.25, 0.3) is 17.5 Å². The van der Waals surface area contributed by atoms with Crippen LogP contribution in [0.15, 0.2) is 78.9 Å². The molecule has 3 aromatic carbocycles. The summed E-state index contributed by atoms with van der Waals surface area (Å²) in [5.41, 5.74) is 1.20. The number of nitro benzene ring substituents is 1. The Morgan fingerprint density at radius 3 is 2.26 bits per heavy atom. The van der Waals surface area contributed by atoms with Crippen molar-refractivity contribution in [1.29, 1.82) is 0 Å². The molecule has 1 fully saturated rings. The van der Waals surface area contributed by atoms with Gasteiger partial charge in [-0.05, 0) is 42.0 Å². The molecule has 1 atom stereocenters. The maximum absolute atomic E-state index is 13.5. The highest BCUT2D eigenvalue weighted by Crippen LogP contribution is 2.29. The van der Waals surface area contributed by atoms with Crippen molar-refractivity contribution in [2.75, 3.05) is 12.0 Å². The van der Waals surface area contributed by atoms with Crippen LogP contribution in [-0.2, 0) is 16.1 Å². The fraction of sp³-hybridized carbons (Fsp3) is 0.160. The average molecular weight is 459 g/mol. The van der Waals surface area contributed by atoms with Gasteiger partial charge in [0.2, 0.25) is 5.91 Å². The summed E-state index contributed by atoms with van der Waals surface area (Å²) in [6, 6.07) is 19.8. The third-order valence-corrected chi connectivity index (χ3v) is 5.61. The molecular weight excluding hydrogens is 438 g/mol. The lowest BCUT2D eigenvalue weighted by atomic mass is 10.1. The molecule has 1 unspecified atom stereocenters. The third-order valence-electron chi connectivity index (χ3n) is 5.61. The Bertz CT molecular complexity index is 1230. The van der Waals surface area contributed by atoms with Crippen molar-refractivity contribution in [3.8, 4) is 5.75 Å². The first-order chi connectivity index (χ1) is 16.4. The normalized spacial score (nSPS) is 15.3. The standard InChI is InChI=1S/C25H21N3O6/c1-34-21-13-11-19(12-14-21)27-23(29)15-22(25(27)31)26(16-17-5-3-2-4-6-17)24(30)18-7-9-20(10-8-18)28(32)33/h2-14,22H,15-16H2,1H3. The minimum absolute atomic E-state index is 0.0940. The SMILES string of the molecule is COc1ccc(N2C(=O)CC(N(Cc3ccccc3)C(=O)c3ccc([N+](=O)[O-])cc3)C2=O)cc1. The molecule has 1 saturated heterocycles. The molecule has 172 valence electrons. The molecule has 0 saturated carbocycles. The molecule has 4 rings (SSSR count). The number of imide groups is 1. The van der Waals surface area contributed by atoms with E-state index in [4.69, 9.17) is 4.74 Å². The lowest BCUT2D eigenvalue weighted by molar-refractivity contribution is -0.384. The van der Waals surface area contributed by atoms with Crippen LogP contribution in [0.1, 0.15) is 22.3 Å². The fourth-order valence-electron chi connectivity index (χ4n) is 3.86. The van der Waals surface area contributed by atoms with Gasteiger partial charge in [-0.3, -0.25) is 24.5 Å². The lowest BCUT2D eigenvalue weighted by Crippen LogP contribution is -2.45. The number of nitro groups is 1. The van der Waals surface area contributed by atoms with Crippen molar-refractivity contribution in [2.45, 2.75) is 19.0 Å². The number of non-ortho nitro benzene ring substituents is 1. The minimum Gasteiger partial charge on any atom is -0.497 e. The molecule has 0 radical (unpaired) electrons. The molecule has 0 spiro atoms. The van der Waals surface area contributed by atoms with Crippen LogP contribution < -0.4 is 9.64 Å². The minimum atomic E-state index is -1.02. The van der Waals surface area contributed by atoms with Crippen molar-refractivity contribution in [1.82, 2.24) is 4.90 Å². The molecule has 1 aliphatic rings. The Balaban J connectivity index is 1.66. The number of benzene rings is 3. The van der Waals surface area contributed by atoms with Crippen molar-refractivity contribution < 1.29 is 24.0 Å². The van der Waals surface area contributed by atoms with Gasteiger partial charge in [0.1, 0.15) is 11.8 Å². The summed E-state index contributed by atoms with van der Waals surface area (Å²) in [4.78, 5) is 52.5. The topological polar surface area (TPSA) is 110 Å². The molecule has 9 nitrogen and oxygen atoms in total. The highest BCUT2D eigenvalue weighted by molar-refractivity contribution is 6.23. The highest BCUT2D eigenvalue weighted by atomic mass is 16.6. The number of ether oxygens (including phenoxy) is 1. The maximum atomic E-state index is 13.5. The van der Waals surface area contributed by atoms with E-state index >= 15 is 0 Å². The van der Waals surface area contributed by atoms with Crippen molar-refractivity contribution >= 4 is 29.1 Å². The fourth-order valence-corrected chi connectivity index (χ4v) is 3.86. The molecule has 0 aliphatic carbocycles. The molecule has 3 aromatic rings. The zero-order valence-corrected chi connectivity index (χ0v) is 18.3. The summed E-state index contributed by atoms with van der Waals surface area (Å²) < 4.78 is 5.13. The number of hydrogen-bond donors (Lipinski definition) is 0. The Hall–Kier alpha value is -4.53. The van der Waals surface area contributed by atoms with Gasteiger partial charge in [-0.1, -0.05) is 30.3 Å². The van der Waals surface area contributed by atoms with E-state index in [0.717, 1.165) is 10.5 Å². The first kappa shape index (κ1) is 22.7. The summed E-state index contributed by atoms with van der Waals surface area (Å²) in [5, 5.41) is 11.0. The van der Waals surface area contributed by atoms with Crippen LogP contribution in [0.3, 0.4) is 0 Å².